The summed E-state index contributed by atoms with van der Waals surface area (Å²) in [7, 11) is 0. The lowest BCUT2D eigenvalue weighted by atomic mass is 9.57. The van der Waals surface area contributed by atoms with Gasteiger partial charge in [-0.1, -0.05) is 13.8 Å². The van der Waals surface area contributed by atoms with Gasteiger partial charge in [0.2, 0.25) is 0 Å². The van der Waals surface area contributed by atoms with Crippen LogP contribution in [0.4, 0.5) is 0 Å². The van der Waals surface area contributed by atoms with E-state index < -0.39 is 51.7 Å². The fourth-order valence-electron chi connectivity index (χ4n) is 8.56. The predicted octanol–water partition coefficient (Wildman–Crippen LogP) is 0.755. The molecule has 1 heterocycles. The summed E-state index contributed by atoms with van der Waals surface area (Å²) >= 11 is 0. The smallest absolute Gasteiger partial charge is 0.303 e. The molecule has 1 aliphatic heterocycles. The first-order valence-electron chi connectivity index (χ1n) is 10.9. The second-order valence-electron chi connectivity index (χ2n) is 11.5. The van der Waals surface area contributed by atoms with Gasteiger partial charge in [0.05, 0.1) is 29.5 Å². The monoisotopic (exact) mass is 410 g/mol. The minimum atomic E-state index is -1.49. The van der Waals surface area contributed by atoms with E-state index in [1.807, 2.05) is 13.8 Å². The van der Waals surface area contributed by atoms with Gasteiger partial charge in [-0.15, -0.1) is 0 Å². The summed E-state index contributed by atoms with van der Waals surface area (Å²) in [4.78, 5) is 12.1. The molecule has 11 atom stereocenters. The van der Waals surface area contributed by atoms with E-state index in [0.717, 1.165) is 0 Å². The van der Waals surface area contributed by atoms with Crippen LogP contribution in [0.1, 0.15) is 60.3 Å². The average Bonchev–Trinajstić information content (AvgIpc) is 3.29. The third kappa shape index (κ3) is 2.14. The van der Waals surface area contributed by atoms with Gasteiger partial charge in [0.15, 0.2) is 0 Å². The first kappa shape index (κ1) is 20.2. The van der Waals surface area contributed by atoms with Crippen LogP contribution in [0.25, 0.3) is 0 Å². The molecule has 0 aromatic rings. The predicted molar refractivity (Wildman–Crippen MR) is 102 cm³/mol. The van der Waals surface area contributed by atoms with Gasteiger partial charge >= 0.3 is 5.97 Å². The van der Waals surface area contributed by atoms with Crippen LogP contribution in [0, 0.1) is 28.6 Å². The Labute approximate surface area is 171 Å². The molecule has 0 aromatic carbocycles. The van der Waals surface area contributed by atoms with Crippen LogP contribution in [-0.4, -0.2) is 67.6 Å². The first-order chi connectivity index (χ1) is 13.2. The molecule has 7 heteroatoms. The summed E-state index contributed by atoms with van der Waals surface area (Å²) in [6.07, 6.45) is -0.461. The van der Waals surface area contributed by atoms with Gasteiger partial charge in [-0.2, -0.15) is 0 Å². The molecule has 0 radical (unpaired) electrons. The maximum Gasteiger partial charge on any atom is 0.303 e. The van der Waals surface area contributed by atoms with Crippen molar-refractivity contribution >= 4 is 5.97 Å². The summed E-state index contributed by atoms with van der Waals surface area (Å²) in [5.41, 5.74) is -5.48. The van der Waals surface area contributed by atoms with Crippen LogP contribution in [0.2, 0.25) is 0 Å². The van der Waals surface area contributed by atoms with Gasteiger partial charge < -0.3 is 29.9 Å². The van der Waals surface area contributed by atoms with Crippen molar-refractivity contribution in [2.45, 2.75) is 102 Å². The van der Waals surface area contributed by atoms with E-state index in [1.54, 1.807) is 13.8 Å². The van der Waals surface area contributed by atoms with E-state index >= 15 is 0 Å². The molecular formula is C22H34O7. The molecule has 5 rings (SSSR count). The normalized spacial score (nSPS) is 61.9. The Morgan fingerprint density at radius 1 is 1.10 bits per heavy atom. The summed E-state index contributed by atoms with van der Waals surface area (Å²) in [5.74, 6) is -1.78. The van der Waals surface area contributed by atoms with Crippen LogP contribution >= 0.6 is 0 Å². The molecule has 164 valence electrons. The van der Waals surface area contributed by atoms with Crippen LogP contribution in [0.15, 0.2) is 0 Å². The highest BCUT2D eigenvalue weighted by molar-refractivity contribution is 5.66. The Morgan fingerprint density at radius 3 is 2.38 bits per heavy atom. The highest BCUT2D eigenvalue weighted by Gasteiger charge is 2.83. The first-order valence-corrected chi connectivity index (χ1v) is 10.9. The van der Waals surface area contributed by atoms with E-state index in [-0.39, 0.29) is 30.5 Å². The molecule has 5 fully saturated rings. The van der Waals surface area contributed by atoms with Crippen molar-refractivity contribution < 1.29 is 34.7 Å². The molecule has 0 amide bonds. The SMILES string of the molecule is CC(=O)O[C@H]1C[C@@]23C[C@@](C)(O)[C@@H](CC[C@@H]2[C@@](C)(O)[C@@H]2[C@@H]4O[C@@H]4C(C)(C)[C@]12O)[C@H]3O. The minimum Gasteiger partial charge on any atom is -0.459 e. The number of aliphatic hydroxyl groups is 4. The number of hydrogen-bond donors (Lipinski definition) is 4. The maximum atomic E-state index is 12.2. The number of hydrogen-bond acceptors (Lipinski definition) is 7. The standard InChI is InChI=1S/C22H34O7/c1-10(23)28-13-8-21-9-19(4,25)11(16(21)24)6-7-12(21)20(5,26)15-14-17(29-14)18(2,3)22(13,15)27/h11-17,24-27H,6-9H2,1-5H3/t11-,12+,13-,14-,15-,16+,17-,19+,20+,21+,22-/m0/s1. The molecule has 0 unspecified atom stereocenters. The van der Waals surface area contributed by atoms with Crippen LogP contribution in [0.3, 0.4) is 0 Å². The number of epoxide rings is 1. The molecule has 4 aliphatic carbocycles. The van der Waals surface area contributed by atoms with Gasteiger partial charge in [0.1, 0.15) is 11.7 Å². The van der Waals surface area contributed by atoms with Gasteiger partial charge in [0, 0.05) is 29.6 Å². The second-order valence-corrected chi connectivity index (χ2v) is 11.5. The highest BCUT2D eigenvalue weighted by Crippen LogP contribution is 2.73. The number of carbonyl (C=O) groups excluding carboxylic acids is 1. The van der Waals surface area contributed by atoms with E-state index in [9.17, 15) is 25.2 Å². The zero-order valence-corrected chi connectivity index (χ0v) is 17.9. The molecule has 29 heavy (non-hydrogen) atoms. The lowest BCUT2D eigenvalue weighted by Gasteiger charge is -2.51. The Balaban J connectivity index is 1.71. The van der Waals surface area contributed by atoms with Crippen molar-refractivity contribution in [3.8, 4) is 0 Å². The molecular weight excluding hydrogens is 376 g/mol. The summed E-state index contributed by atoms with van der Waals surface area (Å²) in [5, 5.41) is 46.6. The van der Waals surface area contributed by atoms with E-state index in [1.165, 1.54) is 6.92 Å². The molecule has 1 saturated heterocycles. The third-order valence-corrected chi connectivity index (χ3v) is 9.69. The number of fused-ring (bicyclic) bond motifs is 4. The van der Waals surface area contributed by atoms with Crippen molar-refractivity contribution in [3.05, 3.63) is 0 Å². The Morgan fingerprint density at radius 2 is 1.76 bits per heavy atom. The van der Waals surface area contributed by atoms with E-state index in [4.69, 9.17) is 9.47 Å². The fourth-order valence-corrected chi connectivity index (χ4v) is 8.56. The average molecular weight is 411 g/mol. The number of carbonyl (C=O) groups is 1. The third-order valence-electron chi connectivity index (χ3n) is 9.69. The van der Waals surface area contributed by atoms with Crippen LogP contribution < -0.4 is 0 Å². The fraction of sp³-hybridized carbons (Fsp3) is 0.955. The van der Waals surface area contributed by atoms with Crippen molar-refractivity contribution in [2.75, 3.05) is 0 Å². The van der Waals surface area contributed by atoms with Crippen molar-refractivity contribution in [2.24, 2.45) is 28.6 Å². The quantitative estimate of drug-likeness (QED) is 0.372. The molecule has 7 nitrogen and oxygen atoms in total. The van der Waals surface area contributed by atoms with Crippen LogP contribution in [0.5, 0.6) is 0 Å². The Bertz CT molecular complexity index is 760. The molecule has 0 aromatic heterocycles. The molecule has 5 aliphatic rings. The zero-order valence-electron chi connectivity index (χ0n) is 17.9. The van der Waals surface area contributed by atoms with Gasteiger partial charge in [-0.25, -0.2) is 0 Å². The lowest BCUT2D eigenvalue weighted by molar-refractivity contribution is -0.230. The van der Waals surface area contributed by atoms with Crippen LogP contribution in [-0.2, 0) is 14.3 Å². The van der Waals surface area contributed by atoms with Gasteiger partial charge in [0.25, 0.3) is 0 Å². The Hall–Kier alpha value is -0.730. The molecule has 4 N–H and O–H groups in total. The molecule has 4 saturated carbocycles. The van der Waals surface area contributed by atoms with E-state index in [2.05, 4.69) is 0 Å². The lowest BCUT2D eigenvalue weighted by Crippen LogP contribution is -2.63. The van der Waals surface area contributed by atoms with Crippen molar-refractivity contribution in [3.63, 3.8) is 0 Å². The Kier molecular flexibility index (Phi) is 3.73. The maximum absolute atomic E-state index is 12.2. The topological polar surface area (TPSA) is 120 Å². The van der Waals surface area contributed by atoms with E-state index in [0.29, 0.717) is 19.3 Å². The number of esters is 1. The highest BCUT2D eigenvalue weighted by atomic mass is 16.6. The number of rotatable bonds is 1. The summed E-state index contributed by atoms with van der Waals surface area (Å²) in [6.45, 7) is 8.62. The number of aliphatic hydroxyl groups excluding tert-OH is 1. The minimum absolute atomic E-state index is 0.205. The van der Waals surface area contributed by atoms with Gasteiger partial charge in [-0.05, 0) is 45.4 Å². The largest absolute Gasteiger partial charge is 0.459 e. The van der Waals surface area contributed by atoms with Crippen molar-refractivity contribution in [1.29, 1.82) is 0 Å². The second kappa shape index (κ2) is 5.36. The zero-order chi connectivity index (χ0) is 21.4. The van der Waals surface area contributed by atoms with Gasteiger partial charge in [-0.3, -0.25) is 4.79 Å². The molecule has 2 bridgehead atoms. The summed E-state index contributed by atoms with van der Waals surface area (Å²) in [6, 6.07) is 0. The molecule has 1 spiro atoms. The number of ether oxygens (including phenoxy) is 2. The van der Waals surface area contributed by atoms with Crippen molar-refractivity contribution in [1.82, 2.24) is 0 Å². The summed E-state index contributed by atoms with van der Waals surface area (Å²) < 4.78 is 11.6.